The Morgan fingerprint density at radius 3 is 2.55 bits per heavy atom. The molecule has 0 aromatic rings. The van der Waals surface area contributed by atoms with Crippen LogP contribution in [0, 0.1) is 22.7 Å². The Morgan fingerprint density at radius 2 is 2.18 bits per heavy atom. The molecule has 4 atom stereocenters. The molecule has 0 radical (unpaired) electrons. The van der Waals surface area contributed by atoms with Crippen LogP contribution >= 0.6 is 0 Å². The van der Waals surface area contributed by atoms with Gasteiger partial charge in [-0.1, -0.05) is 13.8 Å². The summed E-state index contributed by atoms with van der Waals surface area (Å²) in [4.78, 5) is 11.7. The van der Waals surface area contributed by atoms with E-state index in [1.165, 1.54) is 19.3 Å². The predicted molar refractivity (Wildman–Crippen MR) is 42.1 cm³/mol. The molecule has 4 fully saturated rings. The molecule has 1 heteroatoms. The number of hydrogen-bond acceptors (Lipinski definition) is 1. The van der Waals surface area contributed by atoms with Gasteiger partial charge in [0.2, 0.25) is 0 Å². The standard InChI is InChI=1S/C10H14O/c1-9-4-3-7-6(8(9)11)5-10(7,9)2/h6-7H,3-5H2,1-2H3/t6-,7+,9+,10-/m0/s1. The highest BCUT2D eigenvalue weighted by molar-refractivity contribution is 5.94. The average molecular weight is 150 g/mol. The molecule has 0 spiro atoms. The van der Waals surface area contributed by atoms with E-state index < -0.39 is 0 Å². The van der Waals surface area contributed by atoms with Gasteiger partial charge < -0.3 is 0 Å². The molecule has 0 unspecified atom stereocenters. The van der Waals surface area contributed by atoms with Gasteiger partial charge in [0.25, 0.3) is 0 Å². The molecule has 0 N–H and O–H groups in total. The number of carbonyl (C=O) groups is 1. The highest BCUT2D eigenvalue weighted by Gasteiger charge is 2.75. The van der Waals surface area contributed by atoms with Crippen molar-refractivity contribution < 1.29 is 4.79 Å². The topological polar surface area (TPSA) is 17.1 Å². The Hall–Kier alpha value is -0.330. The van der Waals surface area contributed by atoms with Gasteiger partial charge >= 0.3 is 0 Å². The normalized spacial score (nSPS) is 65.1. The van der Waals surface area contributed by atoms with E-state index in [0.717, 1.165) is 5.92 Å². The number of rotatable bonds is 0. The number of carbonyl (C=O) groups excluding carboxylic acids is 1. The van der Waals surface area contributed by atoms with Gasteiger partial charge in [-0.3, -0.25) is 4.79 Å². The maximum Gasteiger partial charge on any atom is 0.142 e. The Balaban J connectivity index is 2.22. The van der Waals surface area contributed by atoms with Crippen LogP contribution in [-0.2, 0) is 4.79 Å². The van der Waals surface area contributed by atoms with Crippen LogP contribution in [0.2, 0.25) is 0 Å². The van der Waals surface area contributed by atoms with Crippen molar-refractivity contribution in [3.05, 3.63) is 0 Å². The van der Waals surface area contributed by atoms with E-state index in [2.05, 4.69) is 13.8 Å². The van der Waals surface area contributed by atoms with E-state index in [1.54, 1.807) is 0 Å². The fourth-order valence-electron chi connectivity index (χ4n) is 4.01. The van der Waals surface area contributed by atoms with Gasteiger partial charge in [-0.25, -0.2) is 0 Å². The first kappa shape index (κ1) is 6.22. The molecule has 4 bridgehead atoms. The highest BCUT2D eigenvalue weighted by atomic mass is 16.1. The summed E-state index contributed by atoms with van der Waals surface area (Å²) >= 11 is 0. The molecule has 0 amide bonds. The number of hydrogen-bond donors (Lipinski definition) is 0. The van der Waals surface area contributed by atoms with Crippen molar-refractivity contribution in [2.24, 2.45) is 22.7 Å². The van der Waals surface area contributed by atoms with Crippen LogP contribution < -0.4 is 0 Å². The summed E-state index contributed by atoms with van der Waals surface area (Å²) in [6, 6.07) is 0. The molecule has 0 aliphatic heterocycles. The quantitative estimate of drug-likeness (QED) is 0.516. The van der Waals surface area contributed by atoms with Gasteiger partial charge in [0, 0.05) is 11.3 Å². The highest BCUT2D eigenvalue weighted by Crippen LogP contribution is 2.76. The van der Waals surface area contributed by atoms with Gasteiger partial charge in [0.15, 0.2) is 0 Å². The van der Waals surface area contributed by atoms with Crippen molar-refractivity contribution >= 4 is 5.78 Å². The second kappa shape index (κ2) is 1.30. The minimum Gasteiger partial charge on any atom is -0.299 e. The zero-order valence-corrected chi connectivity index (χ0v) is 7.18. The molecule has 0 saturated heterocycles. The molecule has 4 aliphatic carbocycles. The number of Topliss-reactive ketones (excluding diaryl/α,β-unsaturated/α-hetero) is 1. The third-order valence-corrected chi connectivity index (χ3v) is 5.04. The van der Waals surface area contributed by atoms with Gasteiger partial charge in [0.1, 0.15) is 5.78 Å². The zero-order chi connectivity index (χ0) is 7.85. The maximum atomic E-state index is 11.7. The second-order valence-electron chi connectivity index (χ2n) is 5.07. The maximum absolute atomic E-state index is 11.7. The lowest BCUT2D eigenvalue weighted by Crippen LogP contribution is -2.38. The summed E-state index contributed by atoms with van der Waals surface area (Å²) in [7, 11) is 0. The van der Waals surface area contributed by atoms with Gasteiger partial charge in [-0.05, 0) is 30.6 Å². The third-order valence-electron chi connectivity index (χ3n) is 5.04. The molecule has 4 saturated carbocycles. The molecule has 4 aliphatic rings. The van der Waals surface area contributed by atoms with Crippen molar-refractivity contribution in [1.29, 1.82) is 0 Å². The van der Waals surface area contributed by atoms with Crippen molar-refractivity contribution in [3.8, 4) is 0 Å². The van der Waals surface area contributed by atoms with Crippen molar-refractivity contribution in [1.82, 2.24) is 0 Å². The van der Waals surface area contributed by atoms with E-state index in [9.17, 15) is 4.79 Å². The van der Waals surface area contributed by atoms with Gasteiger partial charge in [-0.2, -0.15) is 0 Å². The Kier molecular flexibility index (Phi) is 0.733. The Morgan fingerprint density at radius 1 is 1.45 bits per heavy atom. The molecule has 0 heterocycles. The first-order valence-electron chi connectivity index (χ1n) is 4.64. The van der Waals surface area contributed by atoms with E-state index in [1.807, 2.05) is 0 Å². The second-order valence-corrected chi connectivity index (χ2v) is 5.07. The fourth-order valence-corrected chi connectivity index (χ4v) is 4.01. The minimum atomic E-state index is 0.0995. The summed E-state index contributed by atoms with van der Waals surface area (Å²) in [5, 5.41) is 0. The molecular weight excluding hydrogens is 136 g/mol. The molecule has 0 aromatic carbocycles. The first-order valence-corrected chi connectivity index (χ1v) is 4.64. The zero-order valence-electron chi connectivity index (χ0n) is 7.18. The number of ketones is 1. The summed E-state index contributed by atoms with van der Waals surface area (Å²) in [6.07, 6.45) is 3.69. The summed E-state index contributed by atoms with van der Waals surface area (Å²) in [6.45, 7) is 4.52. The van der Waals surface area contributed by atoms with Crippen LogP contribution in [0.3, 0.4) is 0 Å². The molecule has 60 valence electrons. The Labute approximate surface area is 67.2 Å². The minimum absolute atomic E-state index is 0.0995. The van der Waals surface area contributed by atoms with Crippen LogP contribution in [0.4, 0.5) is 0 Å². The molecular formula is C10H14O. The van der Waals surface area contributed by atoms with Crippen LogP contribution in [-0.4, -0.2) is 5.78 Å². The lowest BCUT2D eigenvalue weighted by molar-refractivity contribution is -0.128. The van der Waals surface area contributed by atoms with Gasteiger partial charge in [-0.15, -0.1) is 0 Å². The summed E-state index contributed by atoms with van der Waals surface area (Å²) in [5.74, 6) is 1.86. The van der Waals surface area contributed by atoms with Crippen LogP contribution in [0.15, 0.2) is 0 Å². The average Bonchev–Trinajstić information content (AvgIpc) is 2.27. The van der Waals surface area contributed by atoms with E-state index >= 15 is 0 Å². The molecule has 0 aromatic heterocycles. The molecule has 4 rings (SSSR count). The summed E-state index contributed by atoms with van der Waals surface area (Å²) in [5.41, 5.74) is 0.525. The largest absolute Gasteiger partial charge is 0.299 e. The summed E-state index contributed by atoms with van der Waals surface area (Å²) < 4.78 is 0. The lowest BCUT2D eigenvalue weighted by atomic mass is 9.60. The van der Waals surface area contributed by atoms with Crippen molar-refractivity contribution in [2.75, 3.05) is 0 Å². The van der Waals surface area contributed by atoms with Gasteiger partial charge in [0.05, 0.1) is 0 Å². The third kappa shape index (κ3) is 0.361. The van der Waals surface area contributed by atoms with Crippen LogP contribution in [0.25, 0.3) is 0 Å². The van der Waals surface area contributed by atoms with Crippen LogP contribution in [0.1, 0.15) is 33.1 Å². The van der Waals surface area contributed by atoms with Crippen molar-refractivity contribution in [3.63, 3.8) is 0 Å². The molecule has 1 nitrogen and oxygen atoms in total. The van der Waals surface area contributed by atoms with Crippen molar-refractivity contribution in [2.45, 2.75) is 33.1 Å². The molecule has 11 heavy (non-hydrogen) atoms. The fraction of sp³-hybridized carbons (Fsp3) is 0.900. The predicted octanol–water partition coefficient (Wildman–Crippen LogP) is 2.01. The van der Waals surface area contributed by atoms with E-state index in [0.29, 0.717) is 17.1 Å². The SMILES string of the molecule is C[C@@]12C[C@@H]3C(=O)[C@@]1(C)CC[C@H]32. The smallest absolute Gasteiger partial charge is 0.142 e. The monoisotopic (exact) mass is 150 g/mol. The van der Waals surface area contributed by atoms with E-state index in [-0.39, 0.29) is 5.41 Å². The lowest BCUT2D eigenvalue weighted by Gasteiger charge is -2.43. The first-order chi connectivity index (χ1) is 5.09. The Bertz CT molecular complexity index is 258. The van der Waals surface area contributed by atoms with E-state index in [4.69, 9.17) is 0 Å². The van der Waals surface area contributed by atoms with Crippen LogP contribution in [0.5, 0.6) is 0 Å².